The quantitative estimate of drug-likeness (QED) is 0.145. The molecule has 0 aliphatic carbocycles. The van der Waals surface area contributed by atoms with Gasteiger partial charge in [0.15, 0.2) is 0 Å². The molecule has 12 nitrogen and oxygen atoms in total. The average Bonchev–Trinajstić information content (AvgIpc) is 3.82. The molecule has 3 N–H and O–H groups in total. The number of piperazine rings is 1. The Hall–Kier alpha value is -5.15. The topological polar surface area (TPSA) is 130 Å². The van der Waals surface area contributed by atoms with Crippen LogP contribution >= 0.6 is 0 Å². The molecule has 1 aromatic heterocycles. The molecule has 3 aromatic carbocycles. The number of benzene rings is 3. The van der Waals surface area contributed by atoms with Crippen molar-refractivity contribution in [2.75, 3.05) is 54.1 Å². The van der Waals surface area contributed by atoms with Crippen LogP contribution in [0.3, 0.4) is 0 Å². The van der Waals surface area contributed by atoms with Gasteiger partial charge < -0.3 is 29.7 Å². The Bertz CT molecular complexity index is 1750. The molecular formula is C36H42F3N9O3. The number of nitrogens with zero attached hydrogens (tertiary/aromatic N) is 7. The number of halogens is 3. The lowest BCUT2D eigenvalue weighted by Gasteiger charge is -2.37. The summed E-state index contributed by atoms with van der Waals surface area (Å²) in [6.45, 7) is 7.82. The molecule has 0 bridgehead atoms. The zero-order chi connectivity index (χ0) is 36.0. The summed E-state index contributed by atoms with van der Waals surface area (Å²) in [7, 11) is 0. The van der Waals surface area contributed by atoms with E-state index in [0.29, 0.717) is 17.3 Å². The number of aromatic nitrogens is 3. The number of hydrogen-bond acceptors (Lipinski definition) is 9. The summed E-state index contributed by atoms with van der Waals surface area (Å²) in [5.41, 5.74) is 8.82. The standard InChI is InChI=1S/C36H42F3N9O3/c1-3-26(2)44-34(41)47(25-40)31-10-8-29(9-11-31)45-18-20-46(21-19-45)30-12-14-32(15-13-30)49-22-33-23-50-35(51-33,24-48-42-16-17-43-48)27-4-6-28(7-5-27)36(37,38)39/h4-17,25-26,33,40H,3,18-24H2,1-2H3,(H2,41,44). The molecule has 0 amide bonds. The van der Waals surface area contributed by atoms with Crippen molar-refractivity contribution in [3.05, 3.63) is 96.3 Å². The van der Waals surface area contributed by atoms with E-state index in [2.05, 4.69) is 25.0 Å². The van der Waals surface area contributed by atoms with E-state index < -0.39 is 23.6 Å². The van der Waals surface area contributed by atoms with Gasteiger partial charge in [0.2, 0.25) is 11.7 Å². The van der Waals surface area contributed by atoms with E-state index in [1.165, 1.54) is 35.7 Å². The van der Waals surface area contributed by atoms with Gasteiger partial charge in [-0.3, -0.25) is 10.3 Å². The van der Waals surface area contributed by atoms with Gasteiger partial charge >= 0.3 is 6.18 Å². The fourth-order valence-corrected chi connectivity index (χ4v) is 6.04. The van der Waals surface area contributed by atoms with Crippen LogP contribution in [0.1, 0.15) is 31.4 Å². The van der Waals surface area contributed by atoms with E-state index in [1.807, 2.05) is 62.4 Å². The lowest BCUT2D eigenvalue weighted by molar-refractivity contribution is -0.192. The fraction of sp³-hybridized carbons (Fsp3) is 0.389. The van der Waals surface area contributed by atoms with E-state index >= 15 is 0 Å². The van der Waals surface area contributed by atoms with E-state index in [-0.39, 0.29) is 25.8 Å². The zero-order valence-electron chi connectivity index (χ0n) is 28.5. The molecule has 2 aliphatic heterocycles. The van der Waals surface area contributed by atoms with Crippen LogP contribution in [0.4, 0.5) is 30.2 Å². The number of nitrogens with one attached hydrogen (secondary N) is 1. The van der Waals surface area contributed by atoms with Crippen LogP contribution in [0.25, 0.3) is 0 Å². The van der Waals surface area contributed by atoms with Gasteiger partial charge in [-0.1, -0.05) is 19.1 Å². The van der Waals surface area contributed by atoms with Crippen molar-refractivity contribution in [2.45, 2.75) is 50.9 Å². The molecule has 3 unspecified atom stereocenters. The molecule has 4 aromatic rings. The number of rotatable bonds is 12. The molecule has 2 saturated heterocycles. The van der Waals surface area contributed by atoms with E-state index in [9.17, 15) is 13.2 Å². The molecule has 0 spiro atoms. The summed E-state index contributed by atoms with van der Waals surface area (Å²) in [6.07, 6.45) is 0.138. The predicted molar refractivity (Wildman–Crippen MR) is 189 cm³/mol. The van der Waals surface area contributed by atoms with Gasteiger partial charge in [0.1, 0.15) is 25.0 Å². The van der Waals surface area contributed by atoms with Crippen molar-refractivity contribution in [1.82, 2.24) is 15.0 Å². The first-order chi connectivity index (χ1) is 24.6. The summed E-state index contributed by atoms with van der Waals surface area (Å²) >= 11 is 0. The Morgan fingerprint density at radius 1 is 1.00 bits per heavy atom. The molecule has 2 aliphatic rings. The Kier molecular flexibility index (Phi) is 10.8. The highest BCUT2D eigenvalue weighted by Gasteiger charge is 2.45. The number of aliphatic imine (C=N–C) groups is 1. The Morgan fingerprint density at radius 2 is 1.59 bits per heavy atom. The van der Waals surface area contributed by atoms with Crippen molar-refractivity contribution in [2.24, 2.45) is 10.7 Å². The first-order valence-corrected chi connectivity index (χ1v) is 16.9. The highest BCUT2D eigenvalue weighted by atomic mass is 19.4. The van der Waals surface area contributed by atoms with E-state index in [0.717, 1.165) is 61.8 Å². The molecule has 6 rings (SSSR count). The van der Waals surface area contributed by atoms with Crippen LogP contribution in [0, 0.1) is 5.41 Å². The molecular weight excluding hydrogens is 663 g/mol. The second kappa shape index (κ2) is 15.4. The first kappa shape index (κ1) is 35.7. The number of ether oxygens (including phenoxy) is 3. The molecule has 0 radical (unpaired) electrons. The number of alkyl halides is 3. The lowest BCUT2D eigenvalue weighted by Crippen LogP contribution is -2.46. The summed E-state index contributed by atoms with van der Waals surface area (Å²) in [4.78, 5) is 12.1. The predicted octanol–water partition coefficient (Wildman–Crippen LogP) is 5.50. The smallest absolute Gasteiger partial charge is 0.416 e. The summed E-state index contributed by atoms with van der Waals surface area (Å²) in [6, 6.07) is 20.7. The molecule has 2 fully saturated rings. The van der Waals surface area contributed by atoms with Gasteiger partial charge in [0, 0.05) is 43.1 Å². The van der Waals surface area contributed by atoms with Gasteiger partial charge in [-0.2, -0.15) is 28.2 Å². The third kappa shape index (κ3) is 8.43. The normalized spacial score (nSPS) is 20.3. The van der Waals surface area contributed by atoms with Gasteiger partial charge in [-0.15, -0.1) is 0 Å². The Balaban J connectivity index is 1.01. The summed E-state index contributed by atoms with van der Waals surface area (Å²) in [5, 5.41) is 16.1. The number of anilines is 3. The first-order valence-electron chi connectivity index (χ1n) is 16.9. The van der Waals surface area contributed by atoms with Crippen molar-refractivity contribution in [3.8, 4) is 5.75 Å². The third-order valence-electron chi connectivity index (χ3n) is 9.06. The number of guanidine groups is 1. The summed E-state index contributed by atoms with van der Waals surface area (Å²) in [5.74, 6) is -0.409. The lowest BCUT2D eigenvalue weighted by atomic mass is 10.0. The Labute approximate surface area is 294 Å². The number of hydrogen-bond donors (Lipinski definition) is 2. The zero-order valence-corrected chi connectivity index (χ0v) is 28.5. The third-order valence-corrected chi connectivity index (χ3v) is 9.06. The molecule has 3 heterocycles. The van der Waals surface area contributed by atoms with E-state index in [1.54, 1.807) is 4.90 Å². The maximum absolute atomic E-state index is 13.2. The maximum atomic E-state index is 13.2. The molecule has 51 heavy (non-hydrogen) atoms. The maximum Gasteiger partial charge on any atom is 0.416 e. The minimum atomic E-state index is -4.45. The van der Waals surface area contributed by atoms with Crippen molar-refractivity contribution in [3.63, 3.8) is 0 Å². The van der Waals surface area contributed by atoms with Gasteiger partial charge in [-0.05, 0) is 74.0 Å². The second-order valence-electron chi connectivity index (χ2n) is 12.5. The number of nitrogens with two attached hydrogens (primary N) is 1. The fourth-order valence-electron chi connectivity index (χ4n) is 6.04. The van der Waals surface area contributed by atoms with Gasteiger partial charge in [-0.25, -0.2) is 4.99 Å². The van der Waals surface area contributed by atoms with Crippen molar-refractivity contribution in [1.29, 1.82) is 5.41 Å². The van der Waals surface area contributed by atoms with Crippen molar-refractivity contribution < 1.29 is 27.4 Å². The van der Waals surface area contributed by atoms with E-state index in [4.69, 9.17) is 25.4 Å². The van der Waals surface area contributed by atoms with Crippen LogP contribution in [-0.2, 0) is 28.0 Å². The SMILES string of the molecule is CCC(C)N=C(N)N(C=N)c1ccc(N2CCN(c3ccc(OCC4COC(Cn5nccn5)(c5ccc(C(F)(F)F)cc5)O4)cc3)CC2)cc1. The monoisotopic (exact) mass is 705 g/mol. The minimum Gasteiger partial charge on any atom is -0.491 e. The molecule has 15 heteroatoms. The van der Waals surface area contributed by atoms with Crippen LogP contribution in [0.5, 0.6) is 5.75 Å². The van der Waals surface area contributed by atoms with Crippen LogP contribution in [-0.4, -0.2) is 78.8 Å². The van der Waals surface area contributed by atoms with Crippen LogP contribution in [0.15, 0.2) is 90.2 Å². The van der Waals surface area contributed by atoms with Crippen LogP contribution in [0.2, 0.25) is 0 Å². The second-order valence-corrected chi connectivity index (χ2v) is 12.5. The van der Waals surface area contributed by atoms with Crippen LogP contribution < -0.4 is 25.2 Å². The Morgan fingerprint density at radius 3 is 2.14 bits per heavy atom. The highest BCUT2D eigenvalue weighted by Crippen LogP contribution is 2.38. The molecule has 3 atom stereocenters. The largest absolute Gasteiger partial charge is 0.491 e. The molecule has 270 valence electrons. The molecule has 0 saturated carbocycles. The van der Waals surface area contributed by atoms with Gasteiger partial charge in [0.25, 0.3) is 0 Å². The average molecular weight is 706 g/mol. The summed E-state index contributed by atoms with van der Waals surface area (Å²) < 4.78 is 58.1. The van der Waals surface area contributed by atoms with Crippen molar-refractivity contribution >= 4 is 29.4 Å². The highest BCUT2D eigenvalue weighted by molar-refractivity contribution is 6.08. The van der Waals surface area contributed by atoms with Gasteiger partial charge in [0.05, 0.1) is 42.6 Å². The minimum absolute atomic E-state index is 0.0570.